The summed E-state index contributed by atoms with van der Waals surface area (Å²) in [6.45, 7) is 6.23. The van der Waals surface area contributed by atoms with Crippen molar-refractivity contribution in [3.05, 3.63) is 53.6 Å². The van der Waals surface area contributed by atoms with Gasteiger partial charge in [0.2, 0.25) is 0 Å². The first-order valence-corrected chi connectivity index (χ1v) is 7.76. The summed E-state index contributed by atoms with van der Waals surface area (Å²) in [4.78, 5) is 11.9. The molecule has 2 aromatic carbocycles. The molecule has 0 fully saturated rings. The molecule has 4 nitrogen and oxygen atoms in total. The fraction of sp³-hybridized carbons (Fsp3) is 0.278. The Hall–Kier alpha value is -2.20. The van der Waals surface area contributed by atoms with Crippen LogP contribution in [-0.2, 0) is 4.79 Å². The number of amides is 1. The van der Waals surface area contributed by atoms with E-state index in [0.29, 0.717) is 10.8 Å². The van der Waals surface area contributed by atoms with Crippen molar-refractivity contribution in [2.24, 2.45) is 0 Å². The first kappa shape index (κ1) is 17.2. The molecule has 0 aliphatic carbocycles. The van der Waals surface area contributed by atoms with Gasteiger partial charge in [0, 0.05) is 21.9 Å². The van der Waals surface area contributed by atoms with Crippen LogP contribution >= 0.6 is 11.6 Å². The van der Waals surface area contributed by atoms with Crippen molar-refractivity contribution in [2.75, 3.05) is 17.2 Å². The third-order valence-corrected chi connectivity index (χ3v) is 3.12. The average molecular weight is 333 g/mol. The quantitative estimate of drug-likeness (QED) is 0.843. The van der Waals surface area contributed by atoms with Gasteiger partial charge in [-0.3, -0.25) is 4.79 Å². The highest BCUT2D eigenvalue weighted by Gasteiger charge is 2.09. The molecule has 0 aliphatic heterocycles. The Kier molecular flexibility index (Phi) is 5.50. The van der Waals surface area contributed by atoms with Crippen molar-refractivity contribution in [2.45, 2.75) is 26.3 Å². The van der Waals surface area contributed by atoms with Gasteiger partial charge in [0.15, 0.2) is 6.61 Å². The standard InChI is InChI=1S/C18H21ClN2O2/c1-18(2,3)21-15-8-6-14(7-9-15)20-17(22)12-23-16-10-4-13(19)5-11-16/h4-11,21H,12H2,1-3H3,(H,20,22). The number of ether oxygens (including phenoxy) is 1. The van der Waals surface area contributed by atoms with Crippen LogP contribution in [0.2, 0.25) is 5.02 Å². The summed E-state index contributed by atoms with van der Waals surface area (Å²) in [5.41, 5.74) is 1.74. The fourth-order valence-corrected chi connectivity index (χ4v) is 2.07. The minimum Gasteiger partial charge on any atom is -0.484 e. The third-order valence-electron chi connectivity index (χ3n) is 2.87. The highest BCUT2D eigenvalue weighted by molar-refractivity contribution is 6.30. The molecular weight excluding hydrogens is 312 g/mol. The van der Waals surface area contributed by atoms with Crippen LogP contribution in [0.1, 0.15) is 20.8 Å². The van der Waals surface area contributed by atoms with Crippen LogP contribution in [0.5, 0.6) is 5.75 Å². The Morgan fingerprint density at radius 1 is 1.00 bits per heavy atom. The van der Waals surface area contributed by atoms with E-state index in [0.717, 1.165) is 11.4 Å². The van der Waals surface area contributed by atoms with Crippen molar-refractivity contribution in [3.63, 3.8) is 0 Å². The SMILES string of the molecule is CC(C)(C)Nc1ccc(NC(=O)COc2ccc(Cl)cc2)cc1. The molecule has 0 saturated heterocycles. The molecule has 0 heterocycles. The number of carbonyl (C=O) groups excluding carboxylic acids is 1. The maximum atomic E-state index is 11.9. The summed E-state index contributed by atoms with van der Waals surface area (Å²) in [5.74, 6) is 0.394. The van der Waals surface area contributed by atoms with Crippen LogP contribution in [0.25, 0.3) is 0 Å². The Balaban J connectivity index is 1.84. The zero-order valence-corrected chi connectivity index (χ0v) is 14.3. The van der Waals surface area contributed by atoms with E-state index in [9.17, 15) is 4.79 Å². The number of hydrogen-bond donors (Lipinski definition) is 2. The van der Waals surface area contributed by atoms with Gasteiger partial charge in [-0.25, -0.2) is 0 Å². The van der Waals surface area contributed by atoms with E-state index in [1.54, 1.807) is 24.3 Å². The van der Waals surface area contributed by atoms with Gasteiger partial charge < -0.3 is 15.4 Å². The minimum absolute atomic E-state index is 0.00279. The molecule has 0 saturated carbocycles. The number of benzene rings is 2. The maximum absolute atomic E-state index is 11.9. The van der Waals surface area contributed by atoms with Crippen molar-refractivity contribution in [1.29, 1.82) is 0 Å². The number of anilines is 2. The maximum Gasteiger partial charge on any atom is 0.262 e. The van der Waals surface area contributed by atoms with Crippen LogP contribution < -0.4 is 15.4 Å². The van der Waals surface area contributed by atoms with Crippen LogP contribution in [-0.4, -0.2) is 18.1 Å². The molecule has 2 rings (SSSR count). The molecule has 2 aromatic rings. The van der Waals surface area contributed by atoms with E-state index in [4.69, 9.17) is 16.3 Å². The molecule has 0 aliphatic rings. The lowest BCUT2D eigenvalue weighted by Crippen LogP contribution is -2.26. The Morgan fingerprint density at radius 2 is 1.57 bits per heavy atom. The van der Waals surface area contributed by atoms with E-state index >= 15 is 0 Å². The van der Waals surface area contributed by atoms with Gasteiger partial charge in [0.05, 0.1) is 0 Å². The zero-order valence-electron chi connectivity index (χ0n) is 13.5. The lowest BCUT2D eigenvalue weighted by molar-refractivity contribution is -0.118. The van der Waals surface area contributed by atoms with Crippen LogP contribution in [0.4, 0.5) is 11.4 Å². The summed E-state index contributed by atoms with van der Waals surface area (Å²) >= 11 is 5.79. The van der Waals surface area contributed by atoms with Crippen molar-refractivity contribution < 1.29 is 9.53 Å². The first-order chi connectivity index (χ1) is 10.8. The Bertz CT molecular complexity index is 646. The van der Waals surface area contributed by atoms with Gasteiger partial charge in [-0.1, -0.05) is 11.6 Å². The predicted octanol–water partition coefficient (Wildman–Crippen LogP) is 4.57. The summed E-state index contributed by atoms with van der Waals surface area (Å²) in [5, 5.41) is 6.79. The number of carbonyl (C=O) groups is 1. The number of nitrogens with one attached hydrogen (secondary N) is 2. The molecule has 0 bridgehead atoms. The summed E-state index contributed by atoms with van der Waals surface area (Å²) in [6.07, 6.45) is 0. The summed E-state index contributed by atoms with van der Waals surface area (Å²) < 4.78 is 5.40. The summed E-state index contributed by atoms with van der Waals surface area (Å²) in [7, 11) is 0. The molecule has 0 unspecified atom stereocenters. The molecule has 1 amide bonds. The van der Waals surface area contributed by atoms with E-state index in [1.807, 2.05) is 24.3 Å². The van der Waals surface area contributed by atoms with E-state index in [-0.39, 0.29) is 18.1 Å². The van der Waals surface area contributed by atoms with E-state index in [2.05, 4.69) is 31.4 Å². The normalized spacial score (nSPS) is 11.0. The van der Waals surface area contributed by atoms with Crippen molar-refractivity contribution in [3.8, 4) is 5.75 Å². The lowest BCUT2D eigenvalue weighted by atomic mass is 10.1. The van der Waals surface area contributed by atoms with Gasteiger partial charge in [-0.05, 0) is 69.3 Å². The second-order valence-electron chi connectivity index (χ2n) is 6.24. The van der Waals surface area contributed by atoms with E-state index in [1.165, 1.54) is 0 Å². The Labute approximate surface area is 141 Å². The molecule has 0 atom stereocenters. The predicted molar refractivity (Wildman–Crippen MR) is 95.4 cm³/mol. The average Bonchev–Trinajstić information content (AvgIpc) is 2.47. The van der Waals surface area contributed by atoms with Crippen LogP contribution in [0.15, 0.2) is 48.5 Å². The molecule has 0 aromatic heterocycles. The molecule has 23 heavy (non-hydrogen) atoms. The van der Waals surface area contributed by atoms with Gasteiger partial charge in [0.25, 0.3) is 5.91 Å². The van der Waals surface area contributed by atoms with Gasteiger partial charge >= 0.3 is 0 Å². The smallest absolute Gasteiger partial charge is 0.262 e. The van der Waals surface area contributed by atoms with Crippen LogP contribution in [0.3, 0.4) is 0 Å². The topological polar surface area (TPSA) is 50.4 Å². The second kappa shape index (κ2) is 7.38. The Morgan fingerprint density at radius 3 is 2.13 bits per heavy atom. The fourth-order valence-electron chi connectivity index (χ4n) is 1.95. The zero-order chi connectivity index (χ0) is 16.9. The molecule has 0 radical (unpaired) electrons. The largest absolute Gasteiger partial charge is 0.484 e. The van der Waals surface area contributed by atoms with E-state index < -0.39 is 0 Å². The van der Waals surface area contributed by atoms with Gasteiger partial charge in [0.1, 0.15) is 5.75 Å². The third kappa shape index (κ3) is 6.20. The molecule has 122 valence electrons. The number of halogens is 1. The molecule has 0 spiro atoms. The highest BCUT2D eigenvalue weighted by atomic mass is 35.5. The molecule has 5 heteroatoms. The first-order valence-electron chi connectivity index (χ1n) is 7.38. The monoisotopic (exact) mass is 332 g/mol. The summed E-state index contributed by atoms with van der Waals surface area (Å²) in [6, 6.07) is 14.5. The number of hydrogen-bond acceptors (Lipinski definition) is 3. The van der Waals surface area contributed by atoms with Crippen molar-refractivity contribution >= 4 is 28.9 Å². The van der Waals surface area contributed by atoms with Crippen LogP contribution in [0, 0.1) is 0 Å². The number of rotatable bonds is 5. The minimum atomic E-state index is -0.212. The second-order valence-corrected chi connectivity index (χ2v) is 6.68. The van der Waals surface area contributed by atoms with Crippen molar-refractivity contribution in [1.82, 2.24) is 0 Å². The van der Waals surface area contributed by atoms with Gasteiger partial charge in [-0.15, -0.1) is 0 Å². The molecular formula is C18H21ClN2O2. The highest BCUT2D eigenvalue weighted by Crippen LogP contribution is 2.18. The lowest BCUT2D eigenvalue weighted by Gasteiger charge is -2.22. The molecule has 2 N–H and O–H groups in total. The van der Waals surface area contributed by atoms with Gasteiger partial charge in [-0.2, -0.15) is 0 Å².